The van der Waals surface area contributed by atoms with Gasteiger partial charge in [0.25, 0.3) is 0 Å². The molecule has 0 aliphatic carbocycles. The summed E-state index contributed by atoms with van der Waals surface area (Å²) in [5, 5.41) is 45.3. The van der Waals surface area contributed by atoms with Gasteiger partial charge in [-0.3, -0.25) is 9.59 Å². The number of ether oxygens (including phenoxy) is 7. The van der Waals surface area contributed by atoms with E-state index in [1.54, 1.807) is 45.0 Å². The maximum Gasteiger partial charge on any atom is 0.308 e. The highest BCUT2D eigenvalue weighted by atomic mass is 16.7. The molecule has 3 saturated heterocycles. The Hall–Kier alpha value is -1.86. The maximum absolute atomic E-state index is 14.0. The van der Waals surface area contributed by atoms with Crippen LogP contribution in [-0.4, -0.2) is 176 Å². The number of carbonyl (C=O) groups is 2. The average molecular weight is 869 g/mol. The lowest BCUT2D eigenvalue weighted by molar-refractivity contribution is -0.304. The SMILES string of the molecule is CC[C@H]1OC(=O)C[C@@H](O)[C@H](C)[C@@H](O[C@@H]2O[C@H](C)[C@@H](O)[C@H](N(C)C)[C@H]2O)C(CCN2C[C@H](C)C[C@H](C)C2)CC(C)C(=O)/C=C/C(C)=C/C1CO[C@@H]1O[C@H](C)[C@@H](O)[C@@H](OC)[C@H]1OC. The highest BCUT2D eigenvalue weighted by molar-refractivity contribution is 5.91. The average Bonchev–Trinajstić information content (AvgIpc) is 3.19. The molecule has 15 heteroatoms. The highest BCUT2D eigenvalue weighted by Crippen LogP contribution is 2.36. The number of piperidine rings is 1. The van der Waals surface area contributed by atoms with Gasteiger partial charge in [-0.15, -0.1) is 0 Å². The summed E-state index contributed by atoms with van der Waals surface area (Å²) in [6, 6.07) is -0.684. The van der Waals surface area contributed by atoms with Crippen molar-refractivity contribution in [2.24, 2.45) is 35.5 Å². The summed E-state index contributed by atoms with van der Waals surface area (Å²) in [4.78, 5) is 32.1. The van der Waals surface area contributed by atoms with Crippen molar-refractivity contribution in [1.29, 1.82) is 0 Å². The van der Waals surface area contributed by atoms with E-state index in [4.69, 9.17) is 33.2 Å². The van der Waals surface area contributed by atoms with Crippen molar-refractivity contribution < 1.29 is 63.2 Å². The molecule has 0 radical (unpaired) electrons. The number of methoxy groups -OCH3 is 2. The van der Waals surface area contributed by atoms with Crippen molar-refractivity contribution >= 4 is 11.8 Å². The zero-order valence-electron chi connectivity index (χ0n) is 38.9. The van der Waals surface area contributed by atoms with Crippen LogP contribution < -0.4 is 0 Å². The number of esters is 1. The molecule has 0 bridgehead atoms. The predicted octanol–water partition coefficient (Wildman–Crippen LogP) is 3.34. The first kappa shape index (κ1) is 51.8. The lowest BCUT2D eigenvalue weighted by Crippen LogP contribution is -2.63. The van der Waals surface area contributed by atoms with Crippen molar-refractivity contribution in [3.8, 4) is 0 Å². The summed E-state index contributed by atoms with van der Waals surface area (Å²) in [6.07, 6.45) is -2.96. The molecule has 0 aromatic rings. The maximum atomic E-state index is 14.0. The van der Waals surface area contributed by atoms with E-state index in [1.807, 2.05) is 33.8 Å². The minimum Gasteiger partial charge on any atom is -0.462 e. The van der Waals surface area contributed by atoms with Crippen molar-refractivity contribution in [2.45, 2.75) is 167 Å². The van der Waals surface area contributed by atoms with E-state index >= 15 is 0 Å². The summed E-state index contributed by atoms with van der Waals surface area (Å²) in [6.45, 7) is 18.2. The van der Waals surface area contributed by atoms with Crippen molar-refractivity contribution in [1.82, 2.24) is 9.80 Å². The Labute approximate surface area is 365 Å². The molecule has 0 spiro atoms. The van der Waals surface area contributed by atoms with E-state index < -0.39 is 103 Å². The minimum atomic E-state index is -1.23. The summed E-state index contributed by atoms with van der Waals surface area (Å²) in [7, 11) is 6.54. The first-order chi connectivity index (χ1) is 28.8. The number of cyclic esters (lactones) is 1. The molecule has 4 aliphatic rings. The van der Waals surface area contributed by atoms with Crippen LogP contribution in [0.15, 0.2) is 23.8 Å². The Bertz CT molecular complexity index is 1420. The molecule has 0 aromatic heterocycles. The number of hydrogen-bond donors (Lipinski definition) is 4. The number of aliphatic hydroxyl groups is 4. The summed E-state index contributed by atoms with van der Waals surface area (Å²) >= 11 is 0. The lowest BCUT2D eigenvalue weighted by atomic mass is 9.79. The molecule has 3 fully saturated rings. The third-order valence-electron chi connectivity index (χ3n) is 13.5. The second-order valence-corrected chi connectivity index (χ2v) is 18.9. The molecule has 0 aromatic carbocycles. The van der Waals surface area contributed by atoms with Crippen LogP contribution >= 0.6 is 0 Å². The standard InChI is InChI=1S/C46H80N2O13/c1-13-36-33(24-57-46-44(56-12)43(55-11)40(53)31(8)59-46)19-25(2)14-15-34(49)28(5)20-32(16-17-48-22-26(3)18-27(4)23-48)42(29(6)35(50)21-37(51)60-36)61-45-41(54)38(47(9)10)39(52)30(7)58-45/h14-15,19,26-33,35-36,38-46,50,52-54H,13,16-18,20-24H2,1-12H3/b15-14+,25-19+/t26-,27+,28?,29-,30+,31+,32?,33?,35+,36+,38-,39+,40+,41+,42+,43+,44+,45-,46+/m0/s1. The fourth-order valence-corrected chi connectivity index (χ4v) is 10.0. The van der Waals surface area contributed by atoms with Crippen molar-refractivity contribution in [3.05, 3.63) is 23.8 Å². The zero-order chi connectivity index (χ0) is 45.3. The fourth-order valence-electron chi connectivity index (χ4n) is 10.0. The summed E-state index contributed by atoms with van der Waals surface area (Å²) in [5.41, 5.74) is 0.761. The van der Waals surface area contributed by atoms with Crippen molar-refractivity contribution in [3.63, 3.8) is 0 Å². The van der Waals surface area contributed by atoms with E-state index in [1.165, 1.54) is 20.6 Å². The van der Waals surface area contributed by atoms with Crippen LogP contribution in [0.3, 0.4) is 0 Å². The molecule has 15 nitrogen and oxygen atoms in total. The van der Waals surface area contributed by atoms with Gasteiger partial charge in [-0.05, 0) is 90.9 Å². The van der Waals surface area contributed by atoms with Gasteiger partial charge in [0, 0.05) is 45.1 Å². The molecule has 19 atom stereocenters. The molecule has 4 aliphatic heterocycles. The number of allylic oxidation sites excluding steroid dienone is 3. The molecule has 0 amide bonds. The zero-order valence-corrected chi connectivity index (χ0v) is 38.9. The van der Waals surface area contributed by atoms with Gasteiger partial charge in [0.05, 0.1) is 49.6 Å². The minimum absolute atomic E-state index is 0.0427. The van der Waals surface area contributed by atoms with Crippen LogP contribution in [0.4, 0.5) is 0 Å². The molecule has 3 unspecified atom stereocenters. The third-order valence-corrected chi connectivity index (χ3v) is 13.5. The smallest absolute Gasteiger partial charge is 0.308 e. The fraction of sp³-hybridized carbons (Fsp3) is 0.870. The largest absolute Gasteiger partial charge is 0.462 e. The molecule has 4 rings (SSSR count). The number of likely N-dealkylation sites (tertiary alicyclic amines) is 1. The first-order valence-electron chi connectivity index (χ1n) is 22.6. The molecule has 61 heavy (non-hydrogen) atoms. The van der Waals surface area contributed by atoms with E-state index in [0.717, 1.165) is 25.2 Å². The number of nitrogens with zero attached hydrogens (tertiary/aromatic N) is 2. The quantitative estimate of drug-likeness (QED) is 0.209. The number of hydrogen-bond acceptors (Lipinski definition) is 15. The summed E-state index contributed by atoms with van der Waals surface area (Å²) < 4.78 is 42.6. The molecular formula is C46H80N2O13. The van der Waals surface area contributed by atoms with Gasteiger partial charge in [0.2, 0.25) is 0 Å². The van der Waals surface area contributed by atoms with Gasteiger partial charge in [-0.1, -0.05) is 52.3 Å². The molecule has 352 valence electrons. The first-order valence-corrected chi connectivity index (χ1v) is 22.6. The Kier molecular flexibility index (Phi) is 20.3. The van der Waals surface area contributed by atoms with Crippen LogP contribution in [0, 0.1) is 35.5 Å². The highest BCUT2D eigenvalue weighted by Gasteiger charge is 2.48. The normalized spacial score (nSPS) is 44.3. The molecule has 4 heterocycles. The Morgan fingerprint density at radius 2 is 1.44 bits per heavy atom. The lowest BCUT2D eigenvalue weighted by Gasteiger charge is -2.47. The second kappa shape index (κ2) is 23.9. The second-order valence-electron chi connectivity index (χ2n) is 18.9. The topological polar surface area (TPSA) is 186 Å². The third kappa shape index (κ3) is 13.8. The van der Waals surface area contributed by atoms with Crippen LogP contribution in [0.5, 0.6) is 0 Å². The van der Waals surface area contributed by atoms with Crippen LogP contribution in [-0.2, 0) is 42.7 Å². The number of likely N-dealkylation sites (N-methyl/N-ethyl adjacent to an activating group) is 1. The van der Waals surface area contributed by atoms with Gasteiger partial charge in [0.1, 0.15) is 30.5 Å². The molecule has 0 saturated carbocycles. The van der Waals surface area contributed by atoms with Crippen LogP contribution in [0.1, 0.15) is 87.5 Å². The van der Waals surface area contributed by atoms with E-state index in [0.29, 0.717) is 31.1 Å². The molecule has 4 N–H and O–H groups in total. The Morgan fingerprint density at radius 1 is 0.820 bits per heavy atom. The monoisotopic (exact) mass is 869 g/mol. The van der Waals surface area contributed by atoms with Crippen LogP contribution in [0.25, 0.3) is 0 Å². The van der Waals surface area contributed by atoms with E-state index in [9.17, 15) is 30.0 Å². The summed E-state index contributed by atoms with van der Waals surface area (Å²) in [5.74, 6) is -1.46. The van der Waals surface area contributed by atoms with Crippen molar-refractivity contribution in [2.75, 3.05) is 54.6 Å². The van der Waals surface area contributed by atoms with Gasteiger partial charge in [0.15, 0.2) is 18.4 Å². The van der Waals surface area contributed by atoms with Gasteiger partial charge in [-0.25, -0.2) is 0 Å². The van der Waals surface area contributed by atoms with Gasteiger partial charge in [-0.2, -0.15) is 0 Å². The Balaban J connectivity index is 1.68. The van der Waals surface area contributed by atoms with Gasteiger partial charge < -0.3 is 63.4 Å². The van der Waals surface area contributed by atoms with E-state index in [-0.39, 0.29) is 24.7 Å². The Morgan fingerprint density at radius 3 is 2.05 bits per heavy atom. The van der Waals surface area contributed by atoms with E-state index in [2.05, 4.69) is 18.7 Å². The number of rotatable bonds is 12. The number of ketones is 1. The van der Waals surface area contributed by atoms with Gasteiger partial charge >= 0.3 is 5.97 Å². The predicted molar refractivity (Wildman–Crippen MR) is 229 cm³/mol. The van der Waals surface area contributed by atoms with Crippen LogP contribution in [0.2, 0.25) is 0 Å². The molecular weight excluding hydrogens is 789 g/mol. The number of carbonyl (C=O) groups excluding carboxylic acids is 2. The number of aliphatic hydroxyl groups excluding tert-OH is 4.